The topological polar surface area (TPSA) is 36.9 Å². The molecule has 0 radical (unpaired) electrons. The van der Waals surface area contributed by atoms with E-state index in [1.807, 2.05) is 20.8 Å². The molecule has 4 nitrogen and oxygen atoms in total. The Morgan fingerprint density at radius 1 is 1.07 bits per heavy atom. The van der Waals surface area contributed by atoms with Gasteiger partial charge in [-0.25, -0.2) is 0 Å². The summed E-state index contributed by atoms with van der Waals surface area (Å²) in [6.45, 7) is 7.38. The minimum Gasteiger partial charge on any atom is -0.381 e. The Kier molecular flexibility index (Phi) is 7.09. The molecule has 0 aromatic carbocycles. The fourth-order valence-electron chi connectivity index (χ4n) is 1.21. The Balaban J connectivity index is 4.37. The average Bonchev–Trinajstić information content (AvgIpc) is 2.18. The molecular formula is C10H22O4. The van der Waals surface area contributed by atoms with Gasteiger partial charge < -0.3 is 18.9 Å². The molecule has 0 aromatic rings. The van der Waals surface area contributed by atoms with Crippen LogP contribution in [0.2, 0.25) is 0 Å². The Hall–Kier alpha value is -0.160. The summed E-state index contributed by atoms with van der Waals surface area (Å²) in [5.74, 6) is 0. The van der Waals surface area contributed by atoms with Crippen molar-refractivity contribution in [3.63, 3.8) is 0 Å². The highest BCUT2D eigenvalue weighted by Gasteiger charge is 2.35. The van der Waals surface area contributed by atoms with E-state index in [1.54, 1.807) is 14.2 Å². The largest absolute Gasteiger partial charge is 0.381 e. The zero-order valence-electron chi connectivity index (χ0n) is 9.83. The minimum atomic E-state index is -0.555. The Bertz CT molecular complexity index is 134. The summed E-state index contributed by atoms with van der Waals surface area (Å²) < 4.78 is 21.4. The molecule has 1 atom stereocenters. The van der Waals surface area contributed by atoms with Crippen LogP contribution < -0.4 is 0 Å². The first kappa shape index (κ1) is 13.8. The van der Waals surface area contributed by atoms with Gasteiger partial charge in [0.05, 0.1) is 6.61 Å². The number of ether oxygens (including phenoxy) is 4. The Morgan fingerprint density at radius 3 is 1.86 bits per heavy atom. The minimum absolute atomic E-state index is 0.387. The zero-order chi connectivity index (χ0) is 11.0. The van der Waals surface area contributed by atoms with Crippen LogP contribution in [-0.2, 0) is 18.9 Å². The predicted octanol–water partition coefficient (Wildman–Crippen LogP) is 1.44. The van der Waals surface area contributed by atoms with E-state index >= 15 is 0 Å². The van der Waals surface area contributed by atoms with Gasteiger partial charge in [0.2, 0.25) is 0 Å². The smallest absolute Gasteiger partial charge is 0.188 e. The first-order valence-corrected chi connectivity index (χ1v) is 4.91. The van der Waals surface area contributed by atoms with Crippen LogP contribution in [-0.4, -0.2) is 45.9 Å². The third kappa shape index (κ3) is 3.92. The summed E-state index contributed by atoms with van der Waals surface area (Å²) in [6, 6.07) is 0. The van der Waals surface area contributed by atoms with E-state index in [9.17, 15) is 0 Å². The monoisotopic (exact) mass is 206 g/mol. The van der Waals surface area contributed by atoms with Crippen LogP contribution in [0.3, 0.4) is 0 Å². The van der Waals surface area contributed by atoms with Crippen molar-refractivity contribution in [2.75, 3.05) is 34.0 Å². The molecule has 0 aliphatic carbocycles. The molecule has 0 amide bonds. The van der Waals surface area contributed by atoms with Crippen molar-refractivity contribution in [1.82, 2.24) is 0 Å². The van der Waals surface area contributed by atoms with E-state index in [4.69, 9.17) is 18.9 Å². The van der Waals surface area contributed by atoms with E-state index in [-0.39, 0.29) is 6.29 Å². The SMILES string of the molecule is CCOC(OCC)C(C)(COC)OC. The average molecular weight is 206 g/mol. The molecule has 86 valence electrons. The summed E-state index contributed by atoms with van der Waals surface area (Å²) in [5.41, 5.74) is -0.555. The maximum absolute atomic E-state index is 5.46. The molecule has 0 heterocycles. The normalized spacial score (nSPS) is 15.9. The van der Waals surface area contributed by atoms with Crippen molar-refractivity contribution in [3.05, 3.63) is 0 Å². The molecule has 4 heteroatoms. The lowest BCUT2D eigenvalue weighted by molar-refractivity contribution is -0.249. The third-order valence-corrected chi connectivity index (χ3v) is 2.03. The summed E-state index contributed by atoms with van der Waals surface area (Å²) in [7, 11) is 3.26. The molecule has 1 unspecified atom stereocenters. The Morgan fingerprint density at radius 2 is 1.57 bits per heavy atom. The van der Waals surface area contributed by atoms with Gasteiger partial charge in [-0.1, -0.05) is 0 Å². The summed E-state index contributed by atoms with van der Waals surface area (Å²) in [6.07, 6.45) is -0.387. The molecule has 0 aromatic heterocycles. The van der Waals surface area contributed by atoms with E-state index < -0.39 is 5.60 Å². The number of rotatable bonds is 8. The fraction of sp³-hybridized carbons (Fsp3) is 1.00. The van der Waals surface area contributed by atoms with Crippen LogP contribution in [0.1, 0.15) is 20.8 Å². The van der Waals surface area contributed by atoms with Gasteiger partial charge in [0.1, 0.15) is 5.60 Å². The summed E-state index contributed by atoms with van der Waals surface area (Å²) in [5, 5.41) is 0. The van der Waals surface area contributed by atoms with Gasteiger partial charge in [0.25, 0.3) is 0 Å². The van der Waals surface area contributed by atoms with Crippen molar-refractivity contribution in [2.24, 2.45) is 0 Å². The molecule has 0 rings (SSSR count). The standard InChI is InChI=1S/C10H22O4/c1-6-13-9(14-7-2)10(3,12-5)8-11-4/h9H,6-8H2,1-5H3. The van der Waals surface area contributed by atoms with E-state index in [2.05, 4.69) is 0 Å². The van der Waals surface area contributed by atoms with Crippen LogP contribution >= 0.6 is 0 Å². The van der Waals surface area contributed by atoms with Crippen molar-refractivity contribution in [2.45, 2.75) is 32.7 Å². The van der Waals surface area contributed by atoms with Gasteiger partial charge in [0, 0.05) is 27.4 Å². The van der Waals surface area contributed by atoms with Crippen LogP contribution in [0.5, 0.6) is 0 Å². The third-order valence-electron chi connectivity index (χ3n) is 2.03. The van der Waals surface area contributed by atoms with Crippen LogP contribution in [0.15, 0.2) is 0 Å². The van der Waals surface area contributed by atoms with E-state index in [1.165, 1.54) is 0 Å². The molecule has 0 bridgehead atoms. The van der Waals surface area contributed by atoms with E-state index in [0.717, 1.165) is 0 Å². The fourth-order valence-corrected chi connectivity index (χ4v) is 1.21. The molecule has 0 saturated carbocycles. The zero-order valence-corrected chi connectivity index (χ0v) is 9.83. The van der Waals surface area contributed by atoms with Crippen molar-refractivity contribution >= 4 is 0 Å². The predicted molar refractivity (Wildman–Crippen MR) is 54.3 cm³/mol. The van der Waals surface area contributed by atoms with Crippen molar-refractivity contribution in [3.8, 4) is 0 Å². The van der Waals surface area contributed by atoms with Gasteiger partial charge in [-0.15, -0.1) is 0 Å². The summed E-state index contributed by atoms with van der Waals surface area (Å²) in [4.78, 5) is 0. The van der Waals surface area contributed by atoms with Crippen LogP contribution in [0.4, 0.5) is 0 Å². The molecule has 0 aliphatic heterocycles. The maximum atomic E-state index is 5.46. The maximum Gasteiger partial charge on any atom is 0.188 e. The van der Waals surface area contributed by atoms with Gasteiger partial charge in [-0.05, 0) is 20.8 Å². The van der Waals surface area contributed by atoms with Crippen LogP contribution in [0.25, 0.3) is 0 Å². The highest BCUT2D eigenvalue weighted by atomic mass is 16.7. The lowest BCUT2D eigenvalue weighted by Gasteiger charge is -2.34. The highest BCUT2D eigenvalue weighted by molar-refractivity contribution is 4.79. The Labute approximate surface area is 86.5 Å². The quantitative estimate of drug-likeness (QED) is 0.563. The molecule has 0 fully saturated rings. The first-order valence-electron chi connectivity index (χ1n) is 4.91. The number of hydrogen-bond donors (Lipinski definition) is 0. The highest BCUT2D eigenvalue weighted by Crippen LogP contribution is 2.19. The van der Waals surface area contributed by atoms with Gasteiger partial charge in [-0.2, -0.15) is 0 Å². The number of methoxy groups -OCH3 is 2. The van der Waals surface area contributed by atoms with Crippen molar-refractivity contribution < 1.29 is 18.9 Å². The second-order valence-electron chi connectivity index (χ2n) is 3.19. The number of hydrogen-bond acceptors (Lipinski definition) is 4. The molecule has 0 spiro atoms. The second-order valence-corrected chi connectivity index (χ2v) is 3.19. The second kappa shape index (κ2) is 7.17. The van der Waals surface area contributed by atoms with Gasteiger partial charge >= 0.3 is 0 Å². The lowest BCUT2D eigenvalue weighted by atomic mass is 10.1. The molecule has 14 heavy (non-hydrogen) atoms. The van der Waals surface area contributed by atoms with Gasteiger partial charge in [-0.3, -0.25) is 0 Å². The molecule has 0 aliphatic rings. The van der Waals surface area contributed by atoms with Gasteiger partial charge in [0.15, 0.2) is 6.29 Å². The summed E-state index contributed by atoms with van der Waals surface area (Å²) >= 11 is 0. The van der Waals surface area contributed by atoms with E-state index in [0.29, 0.717) is 19.8 Å². The first-order chi connectivity index (χ1) is 6.64. The lowest BCUT2D eigenvalue weighted by Crippen LogP contribution is -2.48. The molecule has 0 N–H and O–H groups in total. The van der Waals surface area contributed by atoms with Crippen LogP contribution in [0, 0.1) is 0 Å². The van der Waals surface area contributed by atoms with Crippen molar-refractivity contribution in [1.29, 1.82) is 0 Å². The molecular weight excluding hydrogens is 184 g/mol. The molecule has 0 saturated heterocycles.